The zero-order chi connectivity index (χ0) is 10.4. The van der Waals surface area contributed by atoms with Crippen LogP contribution in [0.3, 0.4) is 0 Å². The summed E-state index contributed by atoms with van der Waals surface area (Å²) in [7, 11) is 0. The van der Waals surface area contributed by atoms with Gasteiger partial charge in [0.2, 0.25) is 0 Å². The van der Waals surface area contributed by atoms with E-state index >= 15 is 0 Å². The quantitative estimate of drug-likeness (QED) is 0.725. The molecule has 1 rings (SSSR count). The van der Waals surface area contributed by atoms with Crippen molar-refractivity contribution in [3.63, 3.8) is 0 Å². The number of benzene rings is 1. The summed E-state index contributed by atoms with van der Waals surface area (Å²) < 4.78 is 0. The fourth-order valence-electron chi connectivity index (χ4n) is 1.11. The van der Waals surface area contributed by atoms with Gasteiger partial charge in [-0.15, -0.1) is 6.42 Å². The second kappa shape index (κ2) is 5.07. The van der Waals surface area contributed by atoms with E-state index in [0.717, 1.165) is 5.56 Å². The zero-order valence-electron chi connectivity index (χ0n) is 8.12. The van der Waals surface area contributed by atoms with E-state index in [-0.39, 0.29) is 6.04 Å². The van der Waals surface area contributed by atoms with Crippen LogP contribution in [0.4, 0.5) is 0 Å². The van der Waals surface area contributed by atoms with Crippen molar-refractivity contribution < 1.29 is 0 Å². The van der Waals surface area contributed by atoms with Crippen molar-refractivity contribution in [1.82, 2.24) is 5.32 Å². The predicted octanol–water partition coefficient (Wildman–Crippen LogP) is 1.67. The van der Waals surface area contributed by atoms with E-state index in [1.807, 2.05) is 25.1 Å². The standard InChI is InChI=1S/C12H12N2/c1-3-10(2)14-9-12-7-5-4-6-11(12)8-13/h1,4-7,10,14H,9H2,2H3. The average Bonchev–Trinajstić information content (AvgIpc) is 2.26. The van der Waals surface area contributed by atoms with E-state index in [1.165, 1.54) is 0 Å². The Morgan fingerprint density at radius 2 is 2.21 bits per heavy atom. The molecule has 1 unspecified atom stereocenters. The Bertz CT molecular complexity index is 382. The average molecular weight is 184 g/mol. The van der Waals surface area contributed by atoms with Crippen LogP contribution in [-0.2, 0) is 6.54 Å². The van der Waals surface area contributed by atoms with E-state index in [2.05, 4.69) is 17.3 Å². The van der Waals surface area contributed by atoms with Crippen LogP contribution in [-0.4, -0.2) is 6.04 Å². The fourth-order valence-corrected chi connectivity index (χ4v) is 1.11. The predicted molar refractivity (Wildman–Crippen MR) is 56.3 cm³/mol. The summed E-state index contributed by atoms with van der Waals surface area (Å²) in [6, 6.07) is 9.67. The number of nitrogens with one attached hydrogen (secondary N) is 1. The van der Waals surface area contributed by atoms with Gasteiger partial charge in [-0.1, -0.05) is 24.1 Å². The summed E-state index contributed by atoms with van der Waals surface area (Å²) in [5.74, 6) is 2.58. The number of hydrogen-bond donors (Lipinski definition) is 1. The van der Waals surface area contributed by atoms with Gasteiger partial charge in [-0.05, 0) is 18.6 Å². The SMILES string of the molecule is C#CC(C)NCc1ccccc1C#N. The van der Waals surface area contributed by atoms with Gasteiger partial charge >= 0.3 is 0 Å². The van der Waals surface area contributed by atoms with Crippen molar-refractivity contribution in [2.45, 2.75) is 19.5 Å². The third-order valence-corrected chi connectivity index (χ3v) is 1.99. The first-order chi connectivity index (χ1) is 6.77. The molecule has 1 atom stereocenters. The number of hydrogen-bond acceptors (Lipinski definition) is 2. The summed E-state index contributed by atoms with van der Waals surface area (Å²) in [4.78, 5) is 0. The fraction of sp³-hybridized carbons (Fsp3) is 0.250. The minimum Gasteiger partial charge on any atom is -0.300 e. The minimum absolute atomic E-state index is 0.0294. The molecule has 0 aliphatic carbocycles. The van der Waals surface area contributed by atoms with Gasteiger partial charge in [0.1, 0.15) is 0 Å². The molecular weight excluding hydrogens is 172 g/mol. The van der Waals surface area contributed by atoms with Crippen molar-refractivity contribution in [1.29, 1.82) is 5.26 Å². The summed E-state index contributed by atoms with van der Waals surface area (Å²) in [5, 5.41) is 12.0. The highest BCUT2D eigenvalue weighted by atomic mass is 14.9. The minimum atomic E-state index is 0.0294. The topological polar surface area (TPSA) is 35.8 Å². The third-order valence-electron chi connectivity index (χ3n) is 1.99. The normalized spacial score (nSPS) is 11.4. The van der Waals surface area contributed by atoms with E-state index in [1.54, 1.807) is 6.07 Å². The molecule has 0 heterocycles. The molecule has 0 aliphatic heterocycles. The lowest BCUT2D eigenvalue weighted by Gasteiger charge is -2.08. The zero-order valence-corrected chi connectivity index (χ0v) is 8.12. The first-order valence-electron chi connectivity index (χ1n) is 4.45. The maximum Gasteiger partial charge on any atom is 0.0995 e. The van der Waals surface area contributed by atoms with Crippen LogP contribution in [0.25, 0.3) is 0 Å². The molecule has 0 aromatic heterocycles. The molecule has 0 fully saturated rings. The van der Waals surface area contributed by atoms with E-state index in [4.69, 9.17) is 11.7 Å². The lowest BCUT2D eigenvalue weighted by molar-refractivity contribution is 0.647. The largest absolute Gasteiger partial charge is 0.300 e. The van der Waals surface area contributed by atoms with E-state index in [9.17, 15) is 0 Å². The Kier molecular flexibility index (Phi) is 3.73. The van der Waals surface area contributed by atoms with Crippen molar-refractivity contribution >= 4 is 0 Å². The van der Waals surface area contributed by atoms with Gasteiger partial charge in [-0.25, -0.2) is 0 Å². The second-order valence-electron chi connectivity index (χ2n) is 3.04. The van der Waals surface area contributed by atoms with Crippen LogP contribution >= 0.6 is 0 Å². The van der Waals surface area contributed by atoms with E-state index in [0.29, 0.717) is 12.1 Å². The summed E-state index contributed by atoms with van der Waals surface area (Å²) in [5.41, 5.74) is 1.68. The molecule has 0 amide bonds. The van der Waals surface area contributed by atoms with Crippen LogP contribution in [0.1, 0.15) is 18.1 Å². The Labute approximate surface area is 84.6 Å². The van der Waals surface area contributed by atoms with Gasteiger partial charge in [0, 0.05) is 6.54 Å². The number of terminal acetylenes is 1. The van der Waals surface area contributed by atoms with Gasteiger partial charge in [0.05, 0.1) is 17.7 Å². The molecule has 70 valence electrons. The monoisotopic (exact) mass is 184 g/mol. The van der Waals surface area contributed by atoms with Gasteiger partial charge < -0.3 is 0 Å². The first-order valence-corrected chi connectivity index (χ1v) is 4.45. The number of rotatable bonds is 3. The molecule has 1 aromatic carbocycles. The van der Waals surface area contributed by atoms with Crippen LogP contribution in [0.5, 0.6) is 0 Å². The summed E-state index contributed by atoms with van der Waals surface area (Å²) in [6.07, 6.45) is 5.23. The van der Waals surface area contributed by atoms with E-state index < -0.39 is 0 Å². The lowest BCUT2D eigenvalue weighted by Crippen LogP contribution is -2.23. The third kappa shape index (κ3) is 2.62. The smallest absolute Gasteiger partial charge is 0.0995 e. The molecule has 14 heavy (non-hydrogen) atoms. The molecule has 0 saturated carbocycles. The molecule has 1 aromatic rings. The first kappa shape index (κ1) is 10.3. The second-order valence-corrected chi connectivity index (χ2v) is 3.04. The van der Waals surface area contributed by atoms with Crippen molar-refractivity contribution in [3.8, 4) is 18.4 Å². The Hall–Kier alpha value is -1.77. The molecular formula is C12H12N2. The van der Waals surface area contributed by atoms with Gasteiger partial charge in [0.25, 0.3) is 0 Å². The van der Waals surface area contributed by atoms with Crippen LogP contribution in [0.2, 0.25) is 0 Å². The number of nitrogens with zero attached hydrogens (tertiary/aromatic N) is 1. The maximum absolute atomic E-state index is 8.82. The lowest BCUT2D eigenvalue weighted by atomic mass is 10.1. The summed E-state index contributed by atoms with van der Waals surface area (Å²) in [6.45, 7) is 2.55. The Balaban J connectivity index is 2.69. The van der Waals surface area contributed by atoms with Gasteiger partial charge in [-0.2, -0.15) is 5.26 Å². The molecule has 0 bridgehead atoms. The highest BCUT2D eigenvalue weighted by molar-refractivity contribution is 5.37. The van der Waals surface area contributed by atoms with Crippen LogP contribution in [0, 0.1) is 23.7 Å². The number of nitriles is 1. The molecule has 2 nitrogen and oxygen atoms in total. The highest BCUT2D eigenvalue weighted by Crippen LogP contribution is 2.06. The van der Waals surface area contributed by atoms with Crippen LogP contribution in [0.15, 0.2) is 24.3 Å². The Morgan fingerprint density at radius 3 is 2.86 bits per heavy atom. The molecule has 0 spiro atoms. The van der Waals surface area contributed by atoms with Gasteiger partial charge in [0.15, 0.2) is 0 Å². The molecule has 1 N–H and O–H groups in total. The highest BCUT2D eigenvalue weighted by Gasteiger charge is 2.01. The van der Waals surface area contributed by atoms with Crippen molar-refractivity contribution in [3.05, 3.63) is 35.4 Å². The summed E-state index contributed by atoms with van der Waals surface area (Å²) >= 11 is 0. The maximum atomic E-state index is 8.82. The van der Waals surface area contributed by atoms with Gasteiger partial charge in [-0.3, -0.25) is 5.32 Å². The molecule has 0 aliphatic rings. The van der Waals surface area contributed by atoms with Crippen molar-refractivity contribution in [2.75, 3.05) is 0 Å². The van der Waals surface area contributed by atoms with Crippen molar-refractivity contribution in [2.24, 2.45) is 0 Å². The Morgan fingerprint density at radius 1 is 1.50 bits per heavy atom. The molecule has 0 saturated heterocycles. The molecule has 2 heteroatoms. The van der Waals surface area contributed by atoms with Crippen LogP contribution < -0.4 is 5.32 Å². The molecule has 0 radical (unpaired) electrons.